The molecule has 4 rings (SSSR count). The zero-order valence-electron chi connectivity index (χ0n) is 20.2. The third-order valence-corrected chi connectivity index (χ3v) is 5.59. The summed E-state index contributed by atoms with van der Waals surface area (Å²) in [5, 5.41) is 10.2. The Morgan fingerprint density at radius 1 is 1.14 bits per heavy atom. The Kier molecular flexibility index (Phi) is 7.42. The number of carbonyl (C=O) groups is 1. The minimum Gasteiger partial charge on any atom is -0.497 e. The van der Waals surface area contributed by atoms with Crippen molar-refractivity contribution in [3.8, 4) is 17.6 Å². The molecule has 1 amide bonds. The highest BCUT2D eigenvalue weighted by Gasteiger charge is 2.16. The zero-order chi connectivity index (χ0) is 25.7. The Bertz CT molecular complexity index is 1590. The summed E-state index contributed by atoms with van der Waals surface area (Å²) in [5.41, 5.74) is 0.866. The van der Waals surface area contributed by atoms with Crippen LogP contribution in [0.25, 0.3) is 16.7 Å². The van der Waals surface area contributed by atoms with Crippen LogP contribution in [0, 0.1) is 11.3 Å². The monoisotopic (exact) mass is 487 g/mol. The third-order valence-electron chi connectivity index (χ3n) is 5.59. The molecule has 0 aliphatic heterocycles. The summed E-state index contributed by atoms with van der Waals surface area (Å²) in [6.45, 7) is 3.24. The van der Waals surface area contributed by atoms with E-state index in [9.17, 15) is 14.9 Å². The maximum Gasteiger partial charge on any atom is 0.279 e. The summed E-state index contributed by atoms with van der Waals surface area (Å²) in [7, 11) is 2.97. The van der Waals surface area contributed by atoms with Gasteiger partial charge in [-0.2, -0.15) is 10.3 Å². The van der Waals surface area contributed by atoms with E-state index in [1.807, 2.05) is 6.92 Å². The summed E-state index contributed by atoms with van der Waals surface area (Å²) in [6, 6.07) is 13.5. The van der Waals surface area contributed by atoms with Gasteiger partial charge < -0.3 is 18.8 Å². The number of fused-ring (bicyclic) bond motifs is 2. The van der Waals surface area contributed by atoms with Crippen molar-refractivity contribution in [1.82, 2.24) is 14.0 Å². The molecule has 0 radical (unpaired) electrons. The molecule has 10 nitrogen and oxygen atoms in total. The predicted molar refractivity (Wildman–Crippen MR) is 132 cm³/mol. The SMILES string of the molecule is CCOCCCn1c(=NC(=O)c2cc(OC)cc(OC)c2)c(C#N)cc2c(=O)n3ccccc3nc21. The Labute approximate surface area is 206 Å². The van der Waals surface area contributed by atoms with E-state index in [0.29, 0.717) is 49.0 Å². The van der Waals surface area contributed by atoms with Gasteiger partial charge in [0.25, 0.3) is 11.5 Å². The van der Waals surface area contributed by atoms with Crippen molar-refractivity contribution in [2.24, 2.45) is 4.99 Å². The van der Waals surface area contributed by atoms with Crippen LogP contribution in [0.1, 0.15) is 29.3 Å². The summed E-state index contributed by atoms with van der Waals surface area (Å²) in [6.07, 6.45) is 2.18. The van der Waals surface area contributed by atoms with Gasteiger partial charge in [-0.3, -0.25) is 14.0 Å². The Hall–Kier alpha value is -4.49. The number of aryl methyl sites for hydroxylation is 1. The molecule has 0 saturated heterocycles. The lowest BCUT2D eigenvalue weighted by Crippen LogP contribution is -2.30. The first-order chi connectivity index (χ1) is 17.5. The number of amides is 1. The molecule has 0 atom stereocenters. The fourth-order valence-electron chi connectivity index (χ4n) is 3.85. The Balaban J connectivity index is 1.99. The molecule has 3 aromatic heterocycles. The van der Waals surface area contributed by atoms with Crippen LogP contribution < -0.4 is 20.5 Å². The fourth-order valence-corrected chi connectivity index (χ4v) is 3.85. The highest BCUT2D eigenvalue weighted by molar-refractivity contribution is 5.96. The van der Waals surface area contributed by atoms with Crippen molar-refractivity contribution in [3.63, 3.8) is 0 Å². The minimum absolute atomic E-state index is 0.0805. The molecule has 0 saturated carbocycles. The van der Waals surface area contributed by atoms with Crippen LogP contribution in [0.3, 0.4) is 0 Å². The van der Waals surface area contributed by atoms with E-state index >= 15 is 0 Å². The molecule has 1 aromatic carbocycles. The van der Waals surface area contributed by atoms with Crippen molar-refractivity contribution in [3.05, 3.63) is 75.6 Å². The van der Waals surface area contributed by atoms with Crippen molar-refractivity contribution in [2.45, 2.75) is 19.9 Å². The molecule has 0 aliphatic rings. The maximum atomic E-state index is 13.3. The van der Waals surface area contributed by atoms with E-state index in [1.54, 1.807) is 47.2 Å². The first-order valence-corrected chi connectivity index (χ1v) is 11.4. The van der Waals surface area contributed by atoms with Gasteiger partial charge in [0.1, 0.15) is 28.9 Å². The van der Waals surface area contributed by atoms with Gasteiger partial charge in [0.2, 0.25) is 0 Å². The average molecular weight is 488 g/mol. The summed E-state index contributed by atoms with van der Waals surface area (Å²) in [5.74, 6) is 0.259. The molecule has 0 aliphatic carbocycles. The Morgan fingerprint density at radius 2 is 1.89 bits per heavy atom. The van der Waals surface area contributed by atoms with Crippen LogP contribution in [0.5, 0.6) is 11.5 Å². The number of rotatable bonds is 8. The molecule has 36 heavy (non-hydrogen) atoms. The first kappa shape index (κ1) is 24.6. The number of ether oxygens (including phenoxy) is 3. The highest BCUT2D eigenvalue weighted by Crippen LogP contribution is 2.23. The smallest absolute Gasteiger partial charge is 0.279 e. The maximum absolute atomic E-state index is 13.3. The molecule has 3 heterocycles. The van der Waals surface area contributed by atoms with Crippen LogP contribution in [0.15, 0.2) is 58.4 Å². The number of methoxy groups -OCH3 is 2. The normalized spacial score (nSPS) is 11.6. The zero-order valence-corrected chi connectivity index (χ0v) is 20.2. The van der Waals surface area contributed by atoms with E-state index in [2.05, 4.69) is 16.0 Å². The van der Waals surface area contributed by atoms with Crippen LogP contribution in [0.2, 0.25) is 0 Å². The van der Waals surface area contributed by atoms with Gasteiger partial charge in [0, 0.05) is 37.6 Å². The van der Waals surface area contributed by atoms with Gasteiger partial charge in [-0.1, -0.05) is 6.07 Å². The predicted octanol–water partition coefficient (Wildman–Crippen LogP) is 2.71. The van der Waals surface area contributed by atoms with Crippen LogP contribution in [-0.4, -0.2) is 47.3 Å². The third kappa shape index (κ3) is 4.82. The van der Waals surface area contributed by atoms with Gasteiger partial charge in [-0.05, 0) is 43.7 Å². The number of nitriles is 1. The van der Waals surface area contributed by atoms with E-state index in [0.717, 1.165) is 0 Å². The Morgan fingerprint density at radius 3 is 2.56 bits per heavy atom. The number of benzene rings is 1. The lowest BCUT2D eigenvalue weighted by atomic mass is 10.2. The molecular weight excluding hydrogens is 462 g/mol. The summed E-state index contributed by atoms with van der Waals surface area (Å²) >= 11 is 0. The van der Waals surface area contributed by atoms with E-state index in [-0.39, 0.29) is 27.6 Å². The molecule has 0 fully saturated rings. The second-order valence-electron chi connectivity index (χ2n) is 7.80. The van der Waals surface area contributed by atoms with Gasteiger partial charge in [-0.25, -0.2) is 4.98 Å². The van der Waals surface area contributed by atoms with Gasteiger partial charge in [0.05, 0.1) is 25.2 Å². The quantitative estimate of drug-likeness (QED) is 0.277. The number of hydrogen-bond donors (Lipinski definition) is 0. The van der Waals surface area contributed by atoms with E-state index in [4.69, 9.17) is 14.2 Å². The number of aromatic nitrogens is 3. The number of nitrogens with zero attached hydrogens (tertiary/aromatic N) is 5. The first-order valence-electron chi connectivity index (χ1n) is 11.4. The van der Waals surface area contributed by atoms with Crippen molar-refractivity contribution in [1.29, 1.82) is 5.26 Å². The second-order valence-corrected chi connectivity index (χ2v) is 7.80. The van der Waals surface area contributed by atoms with Crippen molar-refractivity contribution in [2.75, 3.05) is 27.4 Å². The molecule has 0 bridgehead atoms. The minimum atomic E-state index is -0.598. The molecule has 184 valence electrons. The molecule has 0 spiro atoms. The second kappa shape index (κ2) is 10.8. The lowest BCUT2D eigenvalue weighted by molar-refractivity contribution is 0.0996. The molecule has 10 heteroatoms. The standard InChI is InChI=1S/C26H25N5O5/c1-4-36-11-7-10-31-23(29-25(32)17-12-19(34-2)15-20(13-17)35-3)18(16-27)14-21-24(31)28-22-8-5-6-9-30(22)26(21)33/h5-6,8-9,12-15H,4,7,10-11H2,1-3H3. The largest absolute Gasteiger partial charge is 0.497 e. The van der Waals surface area contributed by atoms with Crippen LogP contribution in [0.4, 0.5) is 0 Å². The summed E-state index contributed by atoms with van der Waals surface area (Å²) in [4.78, 5) is 35.5. The lowest BCUT2D eigenvalue weighted by Gasteiger charge is -2.13. The van der Waals surface area contributed by atoms with Crippen molar-refractivity contribution >= 4 is 22.6 Å². The molecule has 4 aromatic rings. The number of hydrogen-bond acceptors (Lipinski definition) is 7. The van der Waals surface area contributed by atoms with Gasteiger partial charge in [0.15, 0.2) is 5.49 Å². The molecular formula is C26H25N5O5. The molecule has 0 unspecified atom stereocenters. The number of pyridine rings is 2. The van der Waals surface area contributed by atoms with Gasteiger partial charge in [-0.15, -0.1) is 0 Å². The highest BCUT2D eigenvalue weighted by atomic mass is 16.5. The topological polar surface area (TPSA) is 120 Å². The summed E-state index contributed by atoms with van der Waals surface area (Å²) < 4.78 is 19.0. The fraction of sp³-hybridized carbons (Fsp3) is 0.269. The van der Waals surface area contributed by atoms with E-state index in [1.165, 1.54) is 24.7 Å². The average Bonchev–Trinajstić information content (AvgIpc) is 2.91. The van der Waals surface area contributed by atoms with Crippen LogP contribution in [-0.2, 0) is 11.3 Å². The van der Waals surface area contributed by atoms with Gasteiger partial charge >= 0.3 is 0 Å². The molecule has 0 N–H and O–H groups in total. The van der Waals surface area contributed by atoms with Crippen LogP contribution >= 0.6 is 0 Å². The van der Waals surface area contributed by atoms with E-state index < -0.39 is 5.91 Å². The number of carbonyl (C=O) groups excluding carboxylic acids is 1. The van der Waals surface area contributed by atoms with Crippen molar-refractivity contribution < 1.29 is 19.0 Å².